The molecule has 2 heterocycles. The summed E-state index contributed by atoms with van der Waals surface area (Å²) in [7, 11) is -3.70. The minimum atomic E-state index is -3.70. The van der Waals surface area contributed by atoms with Gasteiger partial charge in [-0.05, 0) is 37.0 Å². The molecule has 3 rings (SSSR count). The maximum atomic E-state index is 13.0. The standard InChI is InChI=1S/C21H27N3O5S/c1-17(18-6-3-2-4-7-18)29-20-9-12-23(13-10-20)30(27,28)15-21(24(26)16-25)19-8-5-11-22-14-19/h2-8,11,14,16-17,20-21,26H,9-10,12-13,15H2,1H3. The topological polar surface area (TPSA) is 100 Å². The smallest absolute Gasteiger partial charge is 0.233 e. The van der Waals surface area contributed by atoms with Crippen LogP contribution in [0.3, 0.4) is 0 Å². The van der Waals surface area contributed by atoms with Crippen LogP contribution >= 0.6 is 0 Å². The van der Waals surface area contributed by atoms with Crippen molar-refractivity contribution in [1.29, 1.82) is 0 Å². The summed E-state index contributed by atoms with van der Waals surface area (Å²) in [6.07, 6.45) is 4.28. The van der Waals surface area contributed by atoms with Gasteiger partial charge in [0.15, 0.2) is 0 Å². The molecule has 9 heteroatoms. The van der Waals surface area contributed by atoms with Crippen LogP contribution in [0.15, 0.2) is 54.9 Å². The summed E-state index contributed by atoms with van der Waals surface area (Å²) in [6.45, 7) is 2.66. The van der Waals surface area contributed by atoms with E-state index >= 15 is 0 Å². The minimum Gasteiger partial charge on any atom is -0.370 e. The number of amides is 1. The SMILES string of the molecule is CC(OC1CCN(S(=O)(=O)CC(c2cccnc2)N(O)C=O)CC1)c1ccccc1. The fourth-order valence-corrected chi connectivity index (χ4v) is 5.34. The third kappa shape index (κ3) is 5.63. The third-order valence-corrected chi connectivity index (χ3v) is 7.21. The van der Waals surface area contributed by atoms with Gasteiger partial charge in [-0.25, -0.2) is 17.8 Å². The molecular weight excluding hydrogens is 406 g/mol. The van der Waals surface area contributed by atoms with Gasteiger partial charge in [0.1, 0.15) is 6.04 Å². The number of carbonyl (C=O) groups excluding carboxylic acids is 1. The number of hydrogen-bond donors (Lipinski definition) is 1. The molecule has 1 fully saturated rings. The van der Waals surface area contributed by atoms with Gasteiger partial charge in [0.2, 0.25) is 16.4 Å². The second-order valence-electron chi connectivity index (χ2n) is 7.35. The highest BCUT2D eigenvalue weighted by atomic mass is 32.2. The van der Waals surface area contributed by atoms with Gasteiger partial charge < -0.3 is 4.74 Å². The lowest BCUT2D eigenvalue weighted by Gasteiger charge is -2.34. The number of aromatic nitrogens is 1. The summed E-state index contributed by atoms with van der Waals surface area (Å²) in [5.41, 5.74) is 1.54. The Balaban J connectivity index is 1.60. The van der Waals surface area contributed by atoms with E-state index in [2.05, 4.69) is 4.98 Å². The molecule has 0 aliphatic carbocycles. The van der Waals surface area contributed by atoms with E-state index in [1.165, 1.54) is 10.5 Å². The van der Waals surface area contributed by atoms with Gasteiger partial charge in [-0.2, -0.15) is 0 Å². The van der Waals surface area contributed by atoms with Crippen molar-refractivity contribution in [3.05, 3.63) is 66.0 Å². The highest BCUT2D eigenvalue weighted by Gasteiger charge is 2.33. The lowest BCUT2D eigenvalue weighted by molar-refractivity contribution is -0.159. The first-order valence-corrected chi connectivity index (χ1v) is 11.5. The molecule has 2 aromatic rings. The molecule has 8 nitrogen and oxygen atoms in total. The first-order chi connectivity index (χ1) is 14.4. The van der Waals surface area contributed by atoms with Gasteiger partial charge in [0.05, 0.1) is 18.0 Å². The van der Waals surface area contributed by atoms with E-state index in [4.69, 9.17) is 4.74 Å². The van der Waals surface area contributed by atoms with Crippen LogP contribution in [0.1, 0.15) is 43.0 Å². The van der Waals surface area contributed by atoms with E-state index in [1.54, 1.807) is 18.3 Å². The largest absolute Gasteiger partial charge is 0.370 e. The number of nitrogens with zero attached hydrogens (tertiary/aromatic N) is 3. The van der Waals surface area contributed by atoms with Crippen molar-refractivity contribution in [2.45, 2.75) is 38.0 Å². The molecular formula is C21H27N3O5S. The van der Waals surface area contributed by atoms with Gasteiger partial charge >= 0.3 is 0 Å². The van der Waals surface area contributed by atoms with E-state index < -0.39 is 21.8 Å². The number of carbonyl (C=O) groups is 1. The van der Waals surface area contributed by atoms with E-state index in [0.717, 1.165) is 5.56 Å². The molecule has 1 aromatic heterocycles. The van der Waals surface area contributed by atoms with E-state index in [-0.39, 0.29) is 18.6 Å². The van der Waals surface area contributed by atoms with Crippen LogP contribution in [-0.2, 0) is 19.6 Å². The molecule has 1 aliphatic heterocycles. The summed E-state index contributed by atoms with van der Waals surface area (Å²) >= 11 is 0. The van der Waals surface area contributed by atoms with Crippen molar-refractivity contribution in [2.24, 2.45) is 0 Å². The molecule has 2 unspecified atom stereocenters. The minimum absolute atomic E-state index is 0.0231. The number of benzene rings is 1. The molecule has 1 N–H and O–H groups in total. The predicted octanol–water partition coefficient (Wildman–Crippen LogP) is 2.54. The third-order valence-electron chi connectivity index (χ3n) is 5.32. The second kappa shape index (κ2) is 10.1. The van der Waals surface area contributed by atoms with E-state index in [1.807, 2.05) is 37.3 Å². The summed E-state index contributed by atoms with van der Waals surface area (Å²) in [4.78, 5) is 15.0. The van der Waals surface area contributed by atoms with Gasteiger partial charge in [-0.15, -0.1) is 0 Å². The summed E-state index contributed by atoms with van der Waals surface area (Å²) in [6, 6.07) is 12.1. The molecule has 0 radical (unpaired) electrons. The van der Waals surface area contributed by atoms with Gasteiger partial charge in [-0.3, -0.25) is 15.0 Å². The van der Waals surface area contributed by atoms with Crippen LogP contribution < -0.4 is 0 Å². The van der Waals surface area contributed by atoms with Crippen molar-refractivity contribution in [3.63, 3.8) is 0 Å². The summed E-state index contributed by atoms with van der Waals surface area (Å²) in [5.74, 6) is -0.417. The molecule has 0 bridgehead atoms. The quantitative estimate of drug-likeness (QED) is 0.371. The van der Waals surface area contributed by atoms with Crippen LogP contribution in [0, 0.1) is 0 Å². The average molecular weight is 434 g/mol. The number of sulfonamides is 1. The number of rotatable bonds is 9. The van der Waals surface area contributed by atoms with E-state index in [9.17, 15) is 18.4 Å². The van der Waals surface area contributed by atoms with Crippen molar-refractivity contribution in [2.75, 3.05) is 18.8 Å². The van der Waals surface area contributed by atoms with Gasteiger partial charge in [0, 0.05) is 25.5 Å². The molecule has 0 saturated carbocycles. The van der Waals surface area contributed by atoms with E-state index in [0.29, 0.717) is 36.6 Å². The van der Waals surface area contributed by atoms with Crippen molar-refractivity contribution in [3.8, 4) is 0 Å². The number of hydroxylamine groups is 2. The monoisotopic (exact) mass is 433 g/mol. The summed E-state index contributed by atoms with van der Waals surface area (Å²) in [5, 5.41) is 10.3. The Labute approximate surface area is 177 Å². The first kappa shape index (κ1) is 22.4. The number of ether oxygens (including phenoxy) is 1. The zero-order valence-electron chi connectivity index (χ0n) is 16.9. The summed E-state index contributed by atoms with van der Waals surface area (Å²) < 4.78 is 33.4. The molecule has 162 valence electrons. The molecule has 1 saturated heterocycles. The van der Waals surface area contributed by atoms with Crippen LogP contribution in [0.2, 0.25) is 0 Å². The van der Waals surface area contributed by atoms with Crippen LogP contribution in [-0.4, -0.2) is 59.3 Å². The molecule has 1 aromatic carbocycles. The maximum absolute atomic E-state index is 13.0. The van der Waals surface area contributed by atoms with Crippen molar-refractivity contribution in [1.82, 2.24) is 14.4 Å². The predicted molar refractivity (Wildman–Crippen MR) is 111 cm³/mol. The highest BCUT2D eigenvalue weighted by Crippen LogP contribution is 2.26. The van der Waals surface area contributed by atoms with Crippen molar-refractivity contribution >= 4 is 16.4 Å². The Morgan fingerprint density at radius 2 is 1.87 bits per heavy atom. The molecule has 1 amide bonds. The number of piperidine rings is 1. The zero-order chi connectivity index (χ0) is 21.6. The fraction of sp³-hybridized carbons (Fsp3) is 0.429. The fourth-order valence-electron chi connectivity index (χ4n) is 3.61. The van der Waals surface area contributed by atoms with Crippen LogP contribution in [0.4, 0.5) is 0 Å². The first-order valence-electron chi connectivity index (χ1n) is 9.91. The van der Waals surface area contributed by atoms with Crippen molar-refractivity contribution < 1.29 is 23.2 Å². The molecule has 30 heavy (non-hydrogen) atoms. The van der Waals surface area contributed by atoms with Gasteiger partial charge in [-0.1, -0.05) is 36.4 Å². The Kier molecular flexibility index (Phi) is 7.54. The molecule has 1 aliphatic rings. The van der Waals surface area contributed by atoms with Crippen LogP contribution in [0.5, 0.6) is 0 Å². The zero-order valence-corrected chi connectivity index (χ0v) is 17.7. The second-order valence-corrected chi connectivity index (χ2v) is 9.37. The Hall–Kier alpha value is -2.33. The van der Waals surface area contributed by atoms with Gasteiger partial charge in [0.25, 0.3) is 0 Å². The highest BCUT2D eigenvalue weighted by molar-refractivity contribution is 7.89. The molecule has 2 atom stereocenters. The number of pyridine rings is 1. The Bertz CT molecular complexity index is 903. The molecule has 0 spiro atoms. The average Bonchev–Trinajstić information content (AvgIpc) is 2.78. The number of hydrogen-bond acceptors (Lipinski definition) is 6. The lowest BCUT2D eigenvalue weighted by atomic mass is 10.1. The maximum Gasteiger partial charge on any atom is 0.233 e. The normalized spacial score (nSPS) is 17.9. The Morgan fingerprint density at radius 3 is 2.47 bits per heavy atom. The Morgan fingerprint density at radius 1 is 1.20 bits per heavy atom. The van der Waals surface area contributed by atoms with Crippen LogP contribution in [0.25, 0.3) is 0 Å². The lowest BCUT2D eigenvalue weighted by Crippen LogP contribution is -2.44.